The van der Waals surface area contributed by atoms with Gasteiger partial charge in [0.05, 0.1) is 30.0 Å². The molecule has 0 heterocycles. The van der Waals surface area contributed by atoms with Crippen molar-refractivity contribution in [1.29, 1.82) is 0 Å². The molecule has 0 spiro atoms. The highest BCUT2D eigenvalue weighted by Crippen LogP contribution is 2.34. The molecule has 0 N–H and O–H groups in total. The Bertz CT molecular complexity index is 683. The Morgan fingerprint density at radius 1 is 0.676 bits per heavy atom. The average Bonchev–Trinajstić information content (AvgIpc) is 2.60. The molecule has 0 aromatic rings. The monoisotopic (exact) mass is 500 g/mol. The molecule has 0 aliphatic carbocycles. The summed E-state index contributed by atoms with van der Waals surface area (Å²) in [5.74, 6) is -0.777. The number of hydrogen-bond acceptors (Lipinski definition) is 7. The van der Waals surface area contributed by atoms with Crippen molar-refractivity contribution >= 4 is 20.7 Å². The van der Waals surface area contributed by atoms with Crippen molar-refractivity contribution in [1.82, 2.24) is 0 Å². The van der Waals surface area contributed by atoms with Gasteiger partial charge in [0.25, 0.3) is 0 Å². The second-order valence-corrected chi connectivity index (χ2v) is 13.8. The summed E-state index contributed by atoms with van der Waals surface area (Å²) in [7, 11) is -3.21. The minimum absolute atomic E-state index is 0.235. The van der Waals surface area contributed by atoms with E-state index >= 15 is 0 Å². The number of hydrogen-bond donors (Lipinski definition) is 0. The van der Waals surface area contributed by atoms with E-state index in [4.69, 9.17) is 22.8 Å². The molecule has 0 aromatic heterocycles. The topological polar surface area (TPSA) is 80.3 Å². The molecule has 0 saturated heterocycles. The van der Waals surface area contributed by atoms with E-state index in [1.807, 2.05) is 55.4 Å². The van der Waals surface area contributed by atoms with Crippen molar-refractivity contribution in [3.8, 4) is 0 Å². The average molecular weight is 501 g/mol. The molecule has 0 aliphatic rings. The van der Waals surface area contributed by atoms with Crippen LogP contribution in [0.3, 0.4) is 0 Å². The lowest BCUT2D eigenvalue weighted by Crippen LogP contribution is -2.57. The zero-order chi connectivity index (χ0) is 26.8. The first kappa shape index (κ1) is 32.5. The van der Waals surface area contributed by atoms with Crippen LogP contribution < -0.4 is 0 Å². The van der Waals surface area contributed by atoms with Gasteiger partial charge in [0.1, 0.15) is 0 Å². The maximum Gasteiger partial charge on any atom is 0.502 e. The second-order valence-electron chi connectivity index (χ2n) is 11.4. The smallest absolute Gasteiger partial charge is 0.462 e. The minimum atomic E-state index is -3.21. The van der Waals surface area contributed by atoms with Gasteiger partial charge in [-0.15, -0.1) is 0 Å². The Hall–Kier alpha value is -1.48. The standard InChI is InChI=1S/C26H48O7Si/c1-20(2)22(27)29-17-14-13-16-26(11,12)33-34(31-24(5,6)7,32-25(8,9)10)19-15-18-30-23(28)21(3)4/h1,3,13-19H2,2,4-12H3. The lowest BCUT2D eigenvalue weighted by molar-refractivity contribution is -0.140. The maximum atomic E-state index is 11.8. The molecule has 8 heteroatoms. The van der Waals surface area contributed by atoms with Crippen LogP contribution in [-0.2, 0) is 32.3 Å². The van der Waals surface area contributed by atoms with Crippen LogP contribution in [0.1, 0.15) is 94.9 Å². The lowest BCUT2D eigenvalue weighted by atomic mass is 10.0. The molecule has 34 heavy (non-hydrogen) atoms. The predicted octanol–water partition coefficient (Wildman–Crippen LogP) is 6.15. The van der Waals surface area contributed by atoms with Crippen LogP contribution in [-0.4, -0.2) is 50.8 Å². The molecule has 0 fully saturated rings. The van der Waals surface area contributed by atoms with Crippen molar-refractivity contribution in [2.24, 2.45) is 0 Å². The molecule has 0 amide bonds. The highest BCUT2D eigenvalue weighted by molar-refractivity contribution is 6.61. The first-order valence-electron chi connectivity index (χ1n) is 12.0. The lowest BCUT2D eigenvalue weighted by Gasteiger charge is -2.44. The van der Waals surface area contributed by atoms with Gasteiger partial charge >= 0.3 is 20.7 Å². The largest absolute Gasteiger partial charge is 0.502 e. The fourth-order valence-corrected chi connectivity index (χ4v) is 6.96. The summed E-state index contributed by atoms with van der Waals surface area (Å²) in [4.78, 5) is 23.3. The van der Waals surface area contributed by atoms with Crippen molar-refractivity contribution in [2.45, 2.75) is 118 Å². The van der Waals surface area contributed by atoms with Gasteiger partial charge < -0.3 is 22.8 Å². The zero-order valence-corrected chi connectivity index (χ0v) is 24.2. The molecule has 0 radical (unpaired) electrons. The fourth-order valence-electron chi connectivity index (χ4n) is 3.14. The van der Waals surface area contributed by atoms with Crippen LogP contribution in [0.25, 0.3) is 0 Å². The van der Waals surface area contributed by atoms with Gasteiger partial charge in [0.15, 0.2) is 0 Å². The maximum absolute atomic E-state index is 11.8. The number of carbonyl (C=O) groups excluding carboxylic acids is 2. The molecular weight excluding hydrogens is 452 g/mol. The fraction of sp³-hybridized carbons (Fsp3) is 0.769. The van der Waals surface area contributed by atoms with Gasteiger partial charge in [-0.2, -0.15) is 0 Å². The van der Waals surface area contributed by atoms with Crippen molar-refractivity contribution < 1.29 is 32.3 Å². The summed E-state index contributed by atoms with van der Waals surface area (Å²) in [5, 5.41) is 0. The summed E-state index contributed by atoms with van der Waals surface area (Å²) in [6, 6.07) is 0.505. The molecule has 0 saturated carbocycles. The Labute approximate surface area is 208 Å². The number of ether oxygens (including phenoxy) is 2. The third-order valence-corrected chi connectivity index (χ3v) is 8.00. The van der Waals surface area contributed by atoms with Crippen molar-refractivity contribution in [2.75, 3.05) is 13.2 Å². The summed E-state index contributed by atoms with van der Waals surface area (Å²) in [6.45, 7) is 27.0. The molecule has 0 aliphatic heterocycles. The number of carbonyl (C=O) groups is 2. The zero-order valence-electron chi connectivity index (χ0n) is 23.2. The van der Waals surface area contributed by atoms with Gasteiger partial charge in [-0.3, -0.25) is 0 Å². The number of esters is 2. The third kappa shape index (κ3) is 15.4. The first-order valence-corrected chi connectivity index (χ1v) is 14.0. The van der Waals surface area contributed by atoms with Crippen LogP contribution in [0.2, 0.25) is 6.04 Å². The van der Waals surface area contributed by atoms with E-state index in [1.165, 1.54) is 0 Å². The summed E-state index contributed by atoms with van der Waals surface area (Å²) in [5.41, 5.74) is -0.744. The summed E-state index contributed by atoms with van der Waals surface area (Å²) < 4.78 is 30.3. The molecule has 0 atom stereocenters. The van der Waals surface area contributed by atoms with Crippen LogP contribution in [0.4, 0.5) is 0 Å². The van der Waals surface area contributed by atoms with E-state index < -0.39 is 31.6 Å². The SMILES string of the molecule is C=C(C)C(=O)OCCCCC(C)(C)O[Si](CCCOC(=O)C(=C)C)(OC(C)(C)C)OC(C)(C)C. The van der Waals surface area contributed by atoms with Crippen LogP contribution in [0, 0.1) is 0 Å². The summed E-state index contributed by atoms with van der Waals surface area (Å²) >= 11 is 0. The second kappa shape index (κ2) is 13.6. The van der Waals surface area contributed by atoms with E-state index in [2.05, 4.69) is 13.2 Å². The Morgan fingerprint density at radius 2 is 1.09 bits per heavy atom. The quantitative estimate of drug-likeness (QED) is 0.115. The molecule has 0 bridgehead atoms. The molecule has 7 nitrogen and oxygen atoms in total. The van der Waals surface area contributed by atoms with Gasteiger partial charge in [-0.05, 0) is 94.9 Å². The number of rotatable bonds is 15. The highest BCUT2D eigenvalue weighted by Gasteiger charge is 2.50. The van der Waals surface area contributed by atoms with Crippen molar-refractivity contribution in [3.63, 3.8) is 0 Å². The van der Waals surface area contributed by atoms with E-state index in [0.717, 1.165) is 19.3 Å². The molecule has 0 unspecified atom stereocenters. The number of unbranched alkanes of at least 4 members (excludes halogenated alkanes) is 1. The van der Waals surface area contributed by atoms with E-state index in [9.17, 15) is 9.59 Å². The molecule has 0 aromatic carbocycles. The normalized spacial score (nSPS) is 12.9. The van der Waals surface area contributed by atoms with E-state index in [-0.39, 0.29) is 12.6 Å². The van der Waals surface area contributed by atoms with Gasteiger partial charge in [-0.1, -0.05) is 13.2 Å². The van der Waals surface area contributed by atoms with Crippen LogP contribution >= 0.6 is 0 Å². The molecular formula is C26H48O7Si. The minimum Gasteiger partial charge on any atom is -0.462 e. The first-order chi connectivity index (χ1) is 15.3. The third-order valence-electron chi connectivity index (χ3n) is 4.32. The van der Waals surface area contributed by atoms with Crippen LogP contribution in [0.5, 0.6) is 0 Å². The van der Waals surface area contributed by atoms with E-state index in [0.29, 0.717) is 30.2 Å². The van der Waals surface area contributed by atoms with Gasteiger partial charge in [0, 0.05) is 17.2 Å². The molecule has 0 rings (SSSR count). The summed E-state index contributed by atoms with van der Waals surface area (Å²) in [6.07, 6.45) is 2.81. The Morgan fingerprint density at radius 3 is 1.47 bits per heavy atom. The Kier molecular flexibility index (Phi) is 13.0. The van der Waals surface area contributed by atoms with Crippen LogP contribution in [0.15, 0.2) is 24.3 Å². The van der Waals surface area contributed by atoms with Crippen molar-refractivity contribution in [3.05, 3.63) is 24.3 Å². The van der Waals surface area contributed by atoms with Gasteiger partial charge in [-0.25, -0.2) is 9.59 Å². The predicted molar refractivity (Wildman–Crippen MR) is 137 cm³/mol. The molecule has 198 valence electrons. The highest BCUT2D eigenvalue weighted by atomic mass is 28.4. The van der Waals surface area contributed by atoms with Gasteiger partial charge in [0.2, 0.25) is 0 Å². The Balaban J connectivity index is 5.38. The van der Waals surface area contributed by atoms with E-state index in [1.54, 1.807) is 13.8 Å².